The second kappa shape index (κ2) is 4.84. The molecule has 0 bridgehead atoms. The number of nitrogens with zero attached hydrogens (tertiary/aromatic N) is 1. The van der Waals surface area contributed by atoms with Crippen molar-refractivity contribution in [2.24, 2.45) is 0 Å². The molecule has 1 amide bonds. The van der Waals surface area contributed by atoms with Crippen molar-refractivity contribution in [1.29, 1.82) is 0 Å². The Labute approximate surface area is 103 Å². The molecule has 0 aliphatic heterocycles. The number of carbonyl (C=O) groups excluding carboxylic acids is 1. The molecule has 86 valence electrons. The molecule has 0 atom stereocenters. The summed E-state index contributed by atoms with van der Waals surface area (Å²) in [6.45, 7) is 0. The van der Waals surface area contributed by atoms with Gasteiger partial charge in [-0.25, -0.2) is 0 Å². The summed E-state index contributed by atoms with van der Waals surface area (Å²) in [4.78, 5) is 15.7. The molecule has 5 heteroatoms. The fourth-order valence-electron chi connectivity index (χ4n) is 1.36. The molecule has 0 radical (unpaired) electrons. The Bertz CT molecular complexity index is 557. The topological polar surface area (TPSA) is 68.0 Å². The molecule has 1 aromatic heterocycles. The van der Waals surface area contributed by atoms with Crippen molar-refractivity contribution in [3.05, 3.63) is 53.3 Å². The number of nitrogens with two attached hydrogens (primary N) is 1. The van der Waals surface area contributed by atoms with E-state index in [0.717, 1.165) is 0 Å². The first-order chi connectivity index (χ1) is 8.16. The normalized spacial score (nSPS) is 9.94. The molecule has 0 spiro atoms. The largest absolute Gasteiger partial charge is 0.398 e. The van der Waals surface area contributed by atoms with Crippen LogP contribution in [-0.2, 0) is 0 Å². The third kappa shape index (κ3) is 2.73. The first-order valence-electron chi connectivity index (χ1n) is 4.93. The summed E-state index contributed by atoms with van der Waals surface area (Å²) in [5, 5.41) is 3.25. The highest BCUT2D eigenvalue weighted by Gasteiger charge is 2.09. The van der Waals surface area contributed by atoms with E-state index in [1.165, 1.54) is 12.4 Å². The highest BCUT2D eigenvalue weighted by atomic mass is 35.5. The van der Waals surface area contributed by atoms with Gasteiger partial charge in [0, 0.05) is 28.8 Å². The van der Waals surface area contributed by atoms with Gasteiger partial charge < -0.3 is 11.1 Å². The van der Waals surface area contributed by atoms with E-state index in [4.69, 9.17) is 17.3 Å². The third-order valence-corrected chi connectivity index (χ3v) is 2.42. The quantitative estimate of drug-likeness (QED) is 0.857. The third-order valence-electron chi connectivity index (χ3n) is 2.18. The number of rotatable bonds is 2. The van der Waals surface area contributed by atoms with Gasteiger partial charge in [-0.3, -0.25) is 9.78 Å². The van der Waals surface area contributed by atoms with E-state index in [1.807, 2.05) is 0 Å². The van der Waals surface area contributed by atoms with Crippen LogP contribution in [0.2, 0.25) is 5.02 Å². The minimum Gasteiger partial charge on any atom is -0.398 e. The molecular weight excluding hydrogens is 238 g/mol. The van der Waals surface area contributed by atoms with Gasteiger partial charge in [0.15, 0.2) is 0 Å². The van der Waals surface area contributed by atoms with Crippen LogP contribution in [0.15, 0.2) is 42.7 Å². The Morgan fingerprint density at radius 2 is 2.18 bits per heavy atom. The number of anilines is 2. The fourth-order valence-corrected chi connectivity index (χ4v) is 1.55. The van der Waals surface area contributed by atoms with Crippen LogP contribution < -0.4 is 11.1 Å². The van der Waals surface area contributed by atoms with E-state index in [-0.39, 0.29) is 5.91 Å². The summed E-state index contributed by atoms with van der Waals surface area (Å²) in [5.41, 5.74) is 7.02. The first-order valence-corrected chi connectivity index (χ1v) is 5.31. The monoisotopic (exact) mass is 247 g/mol. The molecular formula is C12H10ClN3O. The molecule has 2 rings (SSSR count). The molecule has 1 aromatic carbocycles. The number of nitrogen functional groups attached to an aromatic ring is 1. The van der Waals surface area contributed by atoms with E-state index in [1.54, 1.807) is 30.3 Å². The zero-order valence-corrected chi connectivity index (χ0v) is 9.61. The molecule has 0 saturated heterocycles. The molecule has 0 unspecified atom stereocenters. The van der Waals surface area contributed by atoms with E-state index < -0.39 is 0 Å². The van der Waals surface area contributed by atoms with E-state index in [2.05, 4.69) is 10.3 Å². The number of hydrogen-bond donors (Lipinski definition) is 2. The van der Waals surface area contributed by atoms with E-state index >= 15 is 0 Å². The van der Waals surface area contributed by atoms with Crippen molar-refractivity contribution in [2.45, 2.75) is 0 Å². The second-order valence-electron chi connectivity index (χ2n) is 3.43. The SMILES string of the molecule is Nc1ccncc1C(=O)Nc1cccc(Cl)c1. The summed E-state index contributed by atoms with van der Waals surface area (Å²) >= 11 is 5.82. The number of halogens is 1. The van der Waals surface area contributed by atoms with Crippen LogP contribution in [0.1, 0.15) is 10.4 Å². The van der Waals surface area contributed by atoms with Crippen LogP contribution in [-0.4, -0.2) is 10.9 Å². The molecule has 4 nitrogen and oxygen atoms in total. The van der Waals surface area contributed by atoms with Crippen LogP contribution >= 0.6 is 11.6 Å². The standard InChI is InChI=1S/C12H10ClN3O/c13-8-2-1-3-9(6-8)16-12(17)10-7-15-5-4-11(10)14/h1-7H,(H2,14,15)(H,16,17). The number of benzene rings is 1. The summed E-state index contributed by atoms with van der Waals surface area (Å²) in [7, 11) is 0. The number of nitrogens with one attached hydrogen (secondary N) is 1. The molecule has 1 heterocycles. The van der Waals surface area contributed by atoms with Gasteiger partial charge >= 0.3 is 0 Å². The number of aromatic nitrogens is 1. The van der Waals surface area contributed by atoms with Crippen LogP contribution in [0.3, 0.4) is 0 Å². The number of amides is 1. The lowest BCUT2D eigenvalue weighted by Gasteiger charge is -2.06. The summed E-state index contributed by atoms with van der Waals surface area (Å²) < 4.78 is 0. The minimum atomic E-state index is -0.308. The molecule has 0 saturated carbocycles. The maximum Gasteiger partial charge on any atom is 0.259 e. The molecule has 0 aliphatic rings. The maximum atomic E-state index is 11.9. The molecule has 0 aliphatic carbocycles. The average Bonchev–Trinajstić information content (AvgIpc) is 2.29. The molecule has 17 heavy (non-hydrogen) atoms. The lowest BCUT2D eigenvalue weighted by atomic mass is 10.2. The number of carbonyl (C=O) groups is 1. The number of pyridine rings is 1. The van der Waals surface area contributed by atoms with Crippen molar-refractivity contribution in [2.75, 3.05) is 11.1 Å². The van der Waals surface area contributed by atoms with Gasteiger partial charge in [-0.2, -0.15) is 0 Å². The molecule has 3 N–H and O–H groups in total. The van der Waals surface area contributed by atoms with Crippen molar-refractivity contribution >= 4 is 28.9 Å². The zero-order chi connectivity index (χ0) is 12.3. The van der Waals surface area contributed by atoms with Crippen LogP contribution in [0.4, 0.5) is 11.4 Å². The first kappa shape index (κ1) is 11.4. The van der Waals surface area contributed by atoms with Crippen LogP contribution in [0, 0.1) is 0 Å². The Balaban J connectivity index is 2.20. The zero-order valence-electron chi connectivity index (χ0n) is 8.85. The van der Waals surface area contributed by atoms with Crippen molar-refractivity contribution in [3.63, 3.8) is 0 Å². The van der Waals surface area contributed by atoms with Crippen molar-refractivity contribution in [3.8, 4) is 0 Å². The highest BCUT2D eigenvalue weighted by molar-refractivity contribution is 6.31. The summed E-state index contributed by atoms with van der Waals surface area (Å²) in [6, 6.07) is 8.47. The predicted octanol–water partition coefficient (Wildman–Crippen LogP) is 2.57. The van der Waals surface area contributed by atoms with Crippen molar-refractivity contribution < 1.29 is 4.79 Å². The Morgan fingerprint density at radius 1 is 1.35 bits per heavy atom. The minimum absolute atomic E-state index is 0.308. The predicted molar refractivity (Wildman–Crippen MR) is 68.1 cm³/mol. The maximum absolute atomic E-state index is 11.9. The Kier molecular flexibility index (Phi) is 3.25. The summed E-state index contributed by atoms with van der Waals surface area (Å²) in [5.74, 6) is -0.308. The fraction of sp³-hybridized carbons (Fsp3) is 0. The van der Waals surface area contributed by atoms with Gasteiger partial charge in [0.05, 0.1) is 5.56 Å². The second-order valence-corrected chi connectivity index (χ2v) is 3.86. The molecule has 0 fully saturated rings. The van der Waals surface area contributed by atoms with Gasteiger partial charge in [0.1, 0.15) is 0 Å². The Morgan fingerprint density at radius 3 is 2.88 bits per heavy atom. The lowest BCUT2D eigenvalue weighted by Crippen LogP contribution is -2.14. The van der Waals surface area contributed by atoms with Gasteiger partial charge in [-0.05, 0) is 24.3 Å². The van der Waals surface area contributed by atoms with E-state index in [9.17, 15) is 4.79 Å². The lowest BCUT2D eigenvalue weighted by molar-refractivity contribution is 0.102. The van der Waals surface area contributed by atoms with Crippen LogP contribution in [0.5, 0.6) is 0 Å². The molecule has 2 aromatic rings. The average molecular weight is 248 g/mol. The highest BCUT2D eigenvalue weighted by Crippen LogP contribution is 2.17. The smallest absolute Gasteiger partial charge is 0.259 e. The van der Waals surface area contributed by atoms with Crippen LogP contribution in [0.25, 0.3) is 0 Å². The van der Waals surface area contributed by atoms with Gasteiger partial charge in [0.25, 0.3) is 5.91 Å². The Hall–Kier alpha value is -2.07. The van der Waals surface area contributed by atoms with Crippen molar-refractivity contribution in [1.82, 2.24) is 4.98 Å². The van der Waals surface area contributed by atoms with Gasteiger partial charge in [-0.1, -0.05) is 17.7 Å². The summed E-state index contributed by atoms with van der Waals surface area (Å²) in [6.07, 6.45) is 2.96. The van der Waals surface area contributed by atoms with E-state index in [0.29, 0.717) is 22.0 Å². The number of hydrogen-bond acceptors (Lipinski definition) is 3. The van der Waals surface area contributed by atoms with Gasteiger partial charge in [-0.15, -0.1) is 0 Å². The van der Waals surface area contributed by atoms with Gasteiger partial charge in [0.2, 0.25) is 0 Å².